The van der Waals surface area contributed by atoms with Crippen molar-refractivity contribution < 1.29 is 13.2 Å². The third kappa shape index (κ3) is 4.51. The predicted octanol–water partition coefficient (Wildman–Crippen LogP) is 3.44. The summed E-state index contributed by atoms with van der Waals surface area (Å²) in [6, 6.07) is 11.3. The number of amides is 1. The van der Waals surface area contributed by atoms with Gasteiger partial charge < -0.3 is 4.90 Å². The van der Waals surface area contributed by atoms with Gasteiger partial charge in [0.15, 0.2) is 0 Å². The number of carbonyl (C=O) groups excluding carboxylic acids is 1. The van der Waals surface area contributed by atoms with E-state index in [0.717, 1.165) is 14.2 Å². The van der Waals surface area contributed by atoms with Gasteiger partial charge in [-0.15, -0.1) is 23.1 Å². The van der Waals surface area contributed by atoms with Gasteiger partial charge in [0.05, 0.1) is 9.54 Å². The maximum atomic E-state index is 12.6. The molecule has 0 spiro atoms. The third-order valence-corrected chi connectivity index (χ3v) is 9.33. The number of piperazine rings is 1. The molecule has 9 heteroatoms. The summed E-state index contributed by atoms with van der Waals surface area (Å²) in [5.74, 6) is 0.421. The van der Waals surface area contributed by atoms with Gasteiger partial charge in [0, 0.05) is 31.1 Å². The number of benzene rings is 1. The van der Waals surface area contributed by atoms with Gasteiger partial charge in [0.25, 0.3) is 10.0 Å². The molecule has 0 bridgehead atoms. The summed E-state index contributed by atoms with van der Waals surface area (Å²) in [5.41, 5.74) is 1.16. The number of sulfonamides is 1. The quantitative estimate of drug-likeness (QED) is 0.622. The largest absolute Gasteiger partial charge is 0.339 e. The summed E-state index contributed by atoms with van der Waals surface area (Å²) in [6.45, 7) is 3.55. The third-order valence-electron chi connectivity index (χ3n) is 4.18. The molecule has 1 aliphatic rings. The lowest BCUT2D eigenvalue weighted by atomic mass is 10.2. The van der Waals surface area contributed by atoms with E-state index in [9.17, 15) is 13.2 Å². The van der Waals surface area contributed by atoms with E-state index >= 15 is 0 Å². The molecule has 26 heavy (non-hydrogen) atoms. The molecule has 1 fully saturated rings. The smallest absolute Gasteiger partial charge is 0.252 e. The van der Waals surface area contributed by atoms with Crippen LogP contribution in [0.1, 0.15) is 5.56 Å². The molecule has 0 atom stereocenters. The number of carbonyl (C=O) groups is 1. The minimum Gasteiger partial charge on any atom is -0.339 e. The number of nitrogens with zero attached hydrogens (tertiary/aromatic N) is 2. The molecule has 1 aromatic carbocycles. The Labute approximate surface area is 170 Å². The fourth-order valence-electron chi connectivity index (χ4n) is 2.69. The molecule has 0 unspecified atom stereocenters. The van der Waals surface area contributed by atoms with E-state index in [1.165, 1.54) is 27.4 Å². The highest BCUT2D eigenvalue weighted by Crippen LogP contribution is 2.29. The molecule has 1 aliphatic heterocycles. The molecule has 1 saturated heterocycles. The Morgan fingerprint density at radius 2 is 1.85 bits per heavy atom. The maximum Gasteiger partial charge on any atom is 0.252 e. The van der Waals surface area contributed by atoms with Gasteiger partial charge >= 0.3 is 0 Å². The van der Waals surface area contributed by atoms with E-state index in [4.69, 9.17) is 0 Å². The van der Waals surface area contributed by atoms with Gasteiger partial charge in [0.2, 0.25) is 5.91 Å². The number of thiophene rings is 1. The molecule has 140 valence electrons. The topological polar surface area (TPSA) is 57.7 Å². The average molecular weight is 475 g/mol. The van der Waals surface area contributed by atoms with Crippen molar-refractivity contribution in [3.8, 4) is 0 Å². The Bertz CT molecular complexity index is 890. The monoisotopic (exact) mass is 474 g/mol. The van der Waals surface area contributed by atoms with Gasteiger partial charge in [-0.2, -0.15) is 4.31 Å². The highest BCUT2D eigenvalue weighted by Gasteiger charge is 2.31. The van der Waals surface area contributed by atoms with Crippen molar-refractivity contribution in [1.82, 2.24) is 9.21 Å². The van der Waals surface area contributed by atoms with E-state index in [1.807, 2.05) is 31.2 Å². The van der Waals surface area contributed by atoms with Crippen molar-refractivity contribution in [1.29, 1.82) is 0 Å². The van der Waals surface area contributed by atoms with Crippen LogP contribution >= 0.6 is 39.0 Å². The van der Waals surface area contributed by atoms with Crippen molar-refractivity contribution in [3.63, 3.8) is 0 Å². The molecule has 0 N–H and O–H groups in total. The molecule has 1 amide bonds. The van der Waals surface area contributed by atoms with Crippen LogP contribution in [-0.4, -0.2) is 55.5 Å². The zero-order valence-corrected chi connectivity index (χ0v) is 18.3. The first-order valence-electron chi connectivity index (χ1n) is 8.09. The van der Waals surface area contributed by atoms with E-state index in [1.54, 1.807) is 17.0 Å². The van der Waals surface area contributed by atoms with Crippen molar-refractivity contribution in [2.75, 3.05) is 31.9 Å². The van der Waals surface area contributed by atoms with Crippen molar-refractivity contribution in [3.05, 3.63) is 45.7 Å². The number of halogens is 1. The number of rotatable bonds is 5. The molecule has 0 aliphatic carbocycles. The molecular weight excluding hydrogens is 456 g/mol. The lowest BCUT2D eigenvalue weighted by Crippen LogP contribution is -2.50. The summed E-state index contributed by atoms with van der Waals surface area (Å²) in [7, 11) is -3.47. The molecule has 0 radical (unpaired) electrons. The van der Waals surface area contributed by atoms with Crippen LogP contribution in [0.3, 0.4) is 0 Å². The minimum absolute atomic E-state index is 0.0502. The second-order valence-corrected chi connectivity index (χ2v) is 11.5. The average Bonchev–Trinajstić information content (AvgIpc) is 3.08. The van der Waals surface area contributed by atoms with Crippen molar-refractivity contribution in [2.45, 2.75) is 16.0 Å². The van der Waals surface area contributed by atoms with E-state index < -0.39 is 10.0 Å². The maximum absolute atomic E-state index is 12.6. The standard InChI is InChI=1S/C17H19BrN2O3S3/c1-13-4-2-3-5-14(13)24-12-16(21)19-8-10-20(11-9-19)26(22,23)17-7-6-15(18)25-17/h2-7H,8-12H2,1H3. The summed E-state index contributed by atoms with van der Waals surface area (Å²) < 4.78 is 27.9. The molecule has 0 saturated carbocycles. The van der Waals surface area contributed by atoms with Gasteiger partial charge in [-0.05, 0) is 46.6 Å². The van der Waals surface area contributed by atoms with Crippen LogP contribution in [0.5, 0.6) is 0 Å². The second-order valence-electron chi connectivity index (χ2n) is 5.90. The zero-order valence-electron chi connectivity index (χ0n) is 14.2. The molecule has 2 aromatic rings. The molecule has 1 aromatic heterocycles. The van der Waals surface area contributed by atoms with Crippen LogP contribution in [0, 0.1) is 6.92 Å². The van der Waals surface area contributed by atoms with Gasteiger partial charge in [0.1, 0.15) is 4.21 Å². The Morgan fingerprint density at radius 3 is 2.46 bits per heavy atom. The van der Waals surface area contributed by atoms with E-state index in [-0.39, 0.29) is 5.91 Å². The highest BCUT2D eigenvalue weighted by atomic mass is 79.9. The van der Waals surface area contributed by atoms with Crippen molar-refractivity contribution >= 4 is 55.0 Å². The first kappa shape index (κ1) is 19.9. The number of thioether (sulfide) groups is 1. The molecule has 3 rings (SSSR count). The molecule has 2 heterocycles. The van der Waals surface area contributed by atoms with Crippen molar-refractivity contribution in [2.24, 2.45) is 0 Å². The normalized spacial score (nSPS) is 16.0. The number of hydrogen-bond donors (Lipinski definition) is 0. The fraction of sp³-hybridized carbons (Fsp3) is 0.353. The Kier molecular flexibility index (Phi) is 6.45. The van der Waals surface area contributed by atoms with Crippen LogP contribution in [0.25, 0.3) is 0 Å². The Hall–Kier alpha value is -0.870. The second kappa shape index (κ2) is 8.43. The lowest BCUT2D eigenvalue weighted by molar-refractivity contribution is -0.129. The summed E-state index contributed by atoms with van der Waals surface area (Å²) in [4.78, 5) is 15.3. The van der Waals surface area contributed by atoms with Crippen LogP contribution in [0.4, 0.5) is 0 Å². The van der Waals surface area contributed by atoms with Crippen LogP contribution in [0.2, 0.25) is 0 Å². The highest BCUT2D eigenvalue weighted by molar-refractivity contribution is 9.11. The van der Waals surface area contributed by atoms with E-state index in [2.05, 4.69) is 15.9 Å². The molecular formula is C17H19BrN2O3S3. The first-order valence-corrected chi connectivity index (χ1v) is 12.1. The minimum atomic E-state index is -3.47. The summed E-state index contributed by atoms with van der Waals surface area (Å²) >= 11 is 6.03. The first-order chi connectivity index (χ1) is 12.4. The van der Waals surface area contributed by atoms with Crippen LogP contribution < -0.4 is 0 Å². The molecule has 5 nitrogen and oxygen atoms in total. The van der Waals surface area contributed by atoms with Crippen LogP contribution in [-0.2, 0) is 14.8 Å². The van der Waals surface area contributed by atoms with Crippen LogP contribution in [0.15, 0.2) is 49.3 Å². The number of aryl methyl sites for hydroxylation is 1. The summed E-state index contributed by atoms with van der Waals surface area (Å²) in [6.07, 6.45) is 0. The van der Waals surface area contributed by atoms with Gasteiger partial charge in [-0.1, -0.05) is 18.2 Å². The zero-order chi connectivity index (χ0) is 18.7. The summed E-state index contributed by atoms with van der Waals surface area (Å²) in [5, 5.41) is 0. The fourth-order valence-corrected chi connectivity index (χ4v) is 7.21. The number of hydrogen-bond acceptors (Lipinski definition) is 5. The Balaban J connectivity index is 1.55. The van der Waals surface area contributed by atoms with Gasteiger partial charge in [-0.3, -0.25) is 4.79 Å². The van der Waals surface area contributed by atoms with E-state index in [0.29, 0.717) is 36.1 Å². The Morgan fingerprint density at radius 1 is 1.15 bits per heavy atom. The van der Waals surface area contributed by atoms with Gasteiger partial charge in [-0.25, -0.2) is 8.42 Å². The lowest BCUT2D eigenvalue weighted by Gasteiger charge is -2.33. The SMILES string of the molecule is Cc1ccccc1SCC(=O)N1CCN(S(=O)(=O)c2ccc(Br)s2)CC1. The predicted molar refractivity (Wildman–Crippen MR) is 109 cm³/mol.